The molecule has 2 aromatic heterocycles. The molecule has 13 heavy (non-hydrogen) atoms. The van der Waals surface area contributed by atoms with E-state index < -0.39 is 0 Å². The van der Waals surface area contributed by atoms with E-state index in [4.69, 9.17) is 17.3 Å². The van der Waals surface area contributed by atoms with Gasteiger partial charge in [-0.1, -0.05) is 11.6 Å². The number of aromatic nitrogens is 4. The van der Waals surface area contributed by atoms with Gasteiger partial charge in [0.05, 0.1) is 17.4 Å². The average Bonchev–Trinajstić information content (AvgIpc) is 2.52. The SMILES string of the molecule is Nc1nccc(-n2cc(Cl)cn2)n1. The van der Waals surface area contributed by atoms with Gasteiger partial charge in [-0.05, 0) is 0 Å². The van der Waals surface area contributed by atoms with Crippen LogP contribution >= 0.6 is 11.6 Å². The molecule has 2 rings (SSSR count). The first kappa shape index (κ1) is 8.00. The van der Waals surface area contributed by atoms with Crippen LogP contribution in [0, 0.1) is 0 Å². The summed E-state index contributed by atoms with van der Waals surface area (Å²) in [6.45, 7) is 0. The number of halogens is 1. The van der Waals surface area contributed by atoms with Gasteiger partial charge in [-0.2, -0.15) is 10.1 Å². The molecule has 2 heterocycles. The number of nitrogens with two attached hydrogens (primary N) is 1. The molecule has 0 atom stereocenters. The monoisotopic (exact) mass is 195 g/mol. The van der Waals surface area contributed by atoms with Crippen LogP contribution in [-0.2, 0) is 0 Å². The summed E-state index contributed by atoms with van der Waals surface area (Å²) in [5.41, 5.74) is 5.41. The van der Waals surface area contributed by atoms with Gasteiger partial charge < -0.3 is 5.73 Å². The number of hydrogen-bond donors (Lipinski definition) is 1. The lowest BCUT2D eigenvalue weighted by atomic mass is 10.6. The van der Waals surface area contributed by atoms with Crippen LogP contribution in [0.2, 0.25) is 5.02 Å². The Morgan fingerprint density at radius 1 is 1.46 bits per heavy atom. The summed E-state index contributed by atoms with van der Waals surface area (Å²) in [4.78, 5) is 7.73. The lowest BCUT2D eigenvalue weighted by molar-refractivity contribution is 0.842. The minimum Gasteiger partial charge on any atom is -0.368 e. The van der Waals surface area contributed by atoms with E-state index in [0.717, 1.165) is 0 Å². The Kier molecular flexibility index (Phi) is 1.86. The van der Waals surface area contributed by atoms with Gasteiger partial charge in [0.1, 0.15) is 0 Å². The fourth-order valence-corrected chi connectivity index (χ4v) is 1.05. The van der Waals surface area contributed by atoms with Crippen molar-refractivity contribution in [1.29, 1.82) is 0 Å². The molecule has 5 nitrogen and oxygen atoms in total. The molecule has 0 bridgehead atoms. The Labute approximate surface area is 79.2 Å². The van der Waals surface area contributed by atoms with Crippen LogP contribution in [0.5, 0.6) is 0 Å². The van der Waals surface area contributed by atoms with Crippen molar-refractivity contribution in [1.82, 2.24) is 19.7 Å². The third-order valence-electron chi connectivity index (χ3n) is 1.45. The van der Waals surface area contributed by atoms with Crippen LogP contribution in [0.15, 0.2) is 24.7 Å². The molecular formula is C7H6ClN5. The molecule has 6 heteroatoms. The number of rotatable bonds is 1. The predicted octanol–water partition coefficient (Wildman–Crippen LogP) is 0.898. The zero-order valence-electron chi connectivity index (χ0n) is 6.55. The minimum atomic E-state index is 0.212. The number of nitrogen functional groups attached to an aromatic ring is 1. The summed E-state index contributed by atoms with van der Waals surface area (Å²) in [5.74, 6) is 0.809. The molecule has 0 saturated carbocycles. The van der Waals surface area contributed by atoms with Crippen LogP contribution in [0.4, 0.5) is 5.95 Å². The van der Waals surface area contributed by atoms with Crippen LogP contribution < -0.4 is 5.73 Å². The van der Waals surface area contributed by atoms with Crippen molar-refractivity contribution in [3.63, 3.8) is 0 Å². The van der Waals surface area contributed by atoms with Crippen molar-refractivity contribution < 1.29 is 0 Å². The van der Waals surface area contributed by atoms with Crippen LogP contribution in [0.3, 0.4) is 0 Å². The second-order valence-electron chi connectivity index (χ2n) is 2.38. The predicted molar refractivity (Wildman–Crippen MR) is 48.6 cm³/mol. The smallest absolute Gasteiger partial charge is 0.221 e. The highest BCUT2D eigenvalue weighted by atomic mass is 35.5. The van der Waals surface area contributed by atoms with Gasteiger partial charge in [0.15, 0.2) is 5.82 Å². The number of nitrogens with zero attached hydrogens (tertiary/aromatic N) is 4. The van der Waals surface area contributed by atoms with Gasteiger partial charge in [0, 0.05) is 12.3 Å². The molecule has 0 aromatic carbocycles. The van der Waals surface area contributed by atoms with Crippen molar-refractivity contribution in [3.05, 3.63) is 29.7 Å². The first-order valence-corrected chi connectivity index (χ1v) is 3.92. The Bertz CT molecular complexity index is 424. The van der Waals surface area contributed by atoms with Crippen LogP contribution in [0.25, 0.3) is 5.82 Å². The highest BCUT2D eigenvalue weighted by Gasteiger charge is 2.00. The summed E-state index contributed by atoms with van der Waals surface area (Å²) in [6.07, 6.45) is 4.73. The van der Waals surface area contributed by atoms with Crippen molar-refractivity contribution in [3.8, 4) is 5.82 Å². The van der Waals surface area contributed by atoms with Gasteiger partial charge in [-0.25, -0.2) is 9.67 Å². The summed E-state index contributed by atoms with van der Waals surface area (Å²) in [7, 11) is 0. The van der Waals surface area contributed by atoms with E-state index in [9.17, 15) is 0 Å². The van der Waals surface area contributed by atoms with Gasteiger partial charge in [-0.3, -0.25) is 0 Å². The van der Waals surface area contributed by atoms with E-state index in [1.807, 2.05) is 0 Å². The molecule has 0 aliphatic heterocycles. The molecular weight excluding hydrogens is 190 g/mol. The third-order valence-corrected chi connectivity index (χ3v) is 1.64. The maximum absolute atomic E-state index is 5.69. The molecule has 2 N–H and O–H groups in total. The summed E-state index contributed by atoms with van der Waals surface area (Å²) in [5, 5.41) is 4.52. The highest BCUT2D eigenvalue weighted by Crippen LogP contribution is 2.09. The summed E-state index contributed by atoms with van der Waals surface area (Å²) < 4.78 is 1.53. The van der Waals surface area contributed by atoms with E-state index in [1.54, 1.807) is 18.5 Å². The summed E-state index contributed by atoms with van der Waals surface area (Å²) in [6, 6.07) is 1.69. The second-order valence-corrected chi connectivity index (χ2v) is 2.81. The minimum absolute atomic E-state index is 0.212. The van der Waals surface area contributed by atoms with Crippen molar-refractivity contribution in [2.75, 3.05) is 5.73 Å². The molecule has 0 spiro atoms. The molecule has 0 radical (unpaired) electrons. The molecule has 0 saturated heterocycles. The fraction of sp³-hybridized carbons (Fsp3) is 0. The molecule has 0 unspecified atom stereocenters. The molecule has 66 valence electrons. The topological polar surface area (TPSA) is 69.6 Å². The Balaban J connectivity index is 2.46. The Morgan fingerprint density at radius 3 is 2.92 bits per heavy atom. The first-order chi connectivity index (χ1) is 6.25. The molecule has 0 amide bonds. The van der Waals surface area contributed by atoms with Crippen molar-refractivity contribution in [2.24, 2.45) is 0 Å². The number of anilines is 1. The summed E-state index contributed by atoms with van der Waals surface area (Å²) >= 11 is 5.69. The second kappa shape index (κ2) is 3.02. The van der Waals surface area contributed by atoms with E-state index in [-0.39, 0.29) is 5.95 Å². The van der Waals surface area contributed by atoms with E-state index >= 15 is 0 Å². The van der Waals surface area contributed by atoms with Crippen molar-refractivity contribution in [2.45, 2.75) is 0 Å². The molecule has 0 fully saturated rings. The first-order valence-electron chi connectivity index (χ1n) is 3.55. The zero-order chi connectivity index (χ0) is 9.26. The van der Waals surface area contributed by atoms with Crippen LogP contribution in [0.1, 0.15) is 0 Å². The van der Waals surface area contributed by atoms with Gasteiger partial charge in [-0.15, -0.1) is 0 Å². The zero-order valence-corrected chi connectivity index (χ0v) is 7.31. The lowest BCUT2D eigenvalue weighted by Crippen LogP contribution is -2.01. The van der Waals surface area contributed by atoms with Crippen molar-refractivity contribution >= 4 is 17.5 Å². The fourth-order valence-electron chi connectivity index (χ4n) is 0.918. The Morgan fingerprint density at radius 2 is 2.31 bits per heavy atom. The Hall–Kier alpha value is -1.62. The third kappa shape index (κ3) is 1.59. The maximum atomic E-state index is 5.69. The quantitative estimate of drug-likeness (QED) is 0.734. The number of hydrogen-bond acceptors (Lipinski definition) is 4. The molecule has 0 aliphatic carbocycles. The largest absolute Gasteiger partial charge is 0.368 e. The lowest BCUT2D eigenvalue weighted by Gasteiger charge is -1.98. The average molecular weight is 196 g/mol. The normalized spacial score (nSPS) is 10.2. The van der Waals surface area contributed by atoms with Crippen LogP contribution in [-0.4, -0.2) is 19.7 Å². The van der Waals surface area contributed by atoms with Gasteiger partial charge >= 0.3 is 0 Å². The van der Waals surface area contributed by atoms with E-state index in [2.05, 4.69) is 15.1 Å². The van der Waals surface area contributed by atoms with E-state index in [0.29, 0.717) is 10.8 Å². The highest BCUT2D eigenvalue weighted by molar-refractivity contribution is 6.30. The molecule has 2 aromatic rings. The maximum Gasteiger partial charge on any atom is 0.221 e. The molecule has 0 aliphatic rings. The van der Waals surface area contributed by atoms with E-state index in [1.165, 1.54) is 10.9 Å². The van der Waals surface area contributed by atoms with Gasteiger partial charge in [0.25, 0.3) is 0 Å². The van der Waals surface area contributed by atoms with Gasteiger partial charge in [0.2, 0.25) is 5.95 Å². The standard InChI is InChI=1S/C7H6ClN5/c8-5-3-11-13(4-5)6-1-2-10-7(9)12-6/h1-4H,(H2,9,10,12).